The molecule has 0 aromatic carbocycles. The third-order valence-corrected chi connectivity index (χ3v) is 4.18. The van der Waals surface area contributed by atoms with Crippen LogP contribution in [0, 0.1) is 5.92 Å². The Morgan fingerprint density at radius 2 is 2.10 bits per heavy atom. The number of morpholine rings is 1. The molecule has 2 atom stereocenters. The van der Waals surface area contributed by atoms with Crippen molar-refractivity contribution in [2.24, 2.45) is 5.92 Å². The van der Waals surface area contributed by atoms with Gasteiger partial charge in [0.15, 0.2) is 0 Å². The van der Waals surface area contributed by atoms with Crippen LogP contribution in [0.3, 0.4) is 0 Å². The van der Waals surface area contributed by atoms with Crippen molar-refractivity contribution in [3.63, 3.8) is 0 Å². The summed E-state index contributed by atoms with van der Waals surface area (Å²) in [7, 11) is 0. The van der Waals surface area contributed by atoms with Crippen molar-refractivity contribution in [1.29, 1.82) is 0 Å². The van der Waals surface area contributed by atoms with Crippen LogP contribution >= 0.6 is 24.8 Å². The molecule has 0 bridgehead atoms. The summed E-state index contributed by atoms with van der Waals surface area (Å²) >= 11 is 0. The van der Waals surface area contributed by atoms with E-state index in [4.69, 9.17) is 4.74 Å². The highest BCUT2D eigenvalue weighted by Crippen LogP contribution is 2.31. The summed E-state index contributed by atoms with van der Waals surface area (Å²) in [5.41, 5.74) is 0. The molecular weight excluding hydrogens is 301 g/mol. The van der Waals surface area contributed by atoms with Crippen molar-refractivity contribution in [2.75, 3.05) is 39.4 Å². The normalized spacial score (nSPS) is 30.2. The number of ether oxygens (including phenoxy) is 1. The first-order valence-electron chi connectivity index (χ1n) is 7.16. The summed E-state index contributed by atoms with van der Waals surface area (Å²) in [5, 5.41) is 6.25. The number of likely N-dealkylation sites (tertiary alicyclic amines) is 1. The van der Waals surface area contributed by atoms with Crippen molar-refractivity contribution >= 4 is 30.7 Å². The monoisotopic (exact) mass is 325 g/mol. The van der Waals surface area contributed by atoms with E-state index in [1.54, 1.807) is 0 Å². The predicted octanol–water partition coefficient (Wildman–Crippen LogP) is 0.419. The standard InChI is InChI=1S/C13H23N3O2.2ClH/c17-13(12-9-18-6-4-14-12)15-7-10-3-5-16(8-10)11-1-2-11;;/h10-12,14H,1-9H2,(H,15,17);2*1H. The van der Waals surface area contributed by atoms with Gasteiger partial charge >= 0.3 is 0 Å². The molecular formula is C13H25Cl2N3O2. The number of rotatable bonds is 4. The first-order chi connectivity index (χ1) is 8.83. The quantitative estimate of drug-likeness (QED) is 0.786. The minimum absolute atomic E-state index is 0. The summed E-state index contributed by atoms with van der Waals surface area (Å²) in [5.74, 6) is 0.735. The van der Waals surface area contributed by atoms with E-state index in [1.165, 1.54) is 32.4 Å². The fourth-order valence-corrected chi connectivity index (χ4v) is 2.90. The van der Waals surface area contributed by atoms with E-state index in [2.05, 4.69) is 15.5 Å². The number of carbonyl (C=O) groups excluding carboxylic acids is 1. The molecule has 0 aromatic heterocycles. The zero-order valence-electron chi connectivity index (χ0n) is 11.7. The molecule has 1 amide bonds. The summed E-state index contributed by atoms with van der Waals surface area (Å²) in [6.07, 6.45) is 3.98. The largest absolute Gasteiger partial charge is 0.378 e. The van der Waals surface area contributed by atoms with Crippen molar-refractivity contribution in [2.45, 2.75) is 31.3 Å². The van der Waals surface area contributed by atoms with Gasteiger partial charge in [0.1, 0.15) is 6.04 Å². The van der Waals surface area contributed by atoms with E-state index in [0.717, 1.165) is 19.1 Å². The van der Waals surface area contributed by atoms with Crippen LogP contribution in [0.15, 0.2) is 0 Å². The molecule has 3 aliphatic rings. The maximum absolute atomic E-state index is 11.9. The van der Waals surface area contributed by atoms with E-state index in [1.807, 2.05) is 0 Å². The zero-order chi connectivity index (χ0) is 12.4. The molecule has 1 aliphatic carbocycles. The molecule has 118 valence electrons. The van der Waals surface area contributed by atoms with Crippen molar-refractivity contribution in [1.82, 2.24) is 15.5 Å². The molecule has 5 nitrogen and oxygen atoms in total. The van der Waals surface area contributed by atoms with Gasteiger partial charge < -0.3 is 20.3 Å². The van der Waals surface area contributed by atoms with Gasteiger partial charge in [-0.1, -0.05) is 0 Å². The number of carbonyl (C=O) groups is 1. The summed E-state index contributed by atoms with van der Waals surface area (Å²) in [6, 6.07) is 0.707. The topological polar surface area (TPSA) is 53.6 Å². The number of hydrogen-bond acceptors (Lipinski definition) is 4. The fourth-order valence-electron chi connectivity index (χ4n) is 2.90. The number of halogens is 2. The van der Waals surface area contributed by atoms with Crippen molar-refractivity contribution in [3.8, 4) is 0 Å². The van der Waals surface area contributed by atoms with E-state index in [9.17, 15) is 4.79 Å². The van der Waals surface area contributed by atoms with Crippen LogP contribution in [-0.2, 0) is 9.53 Å². The lowest BCUT2D eigenvalue weighted by molar-refractivity contribution is -0.126. The van der Waals surface area contributed by atoms with Crippen LogP contribution in [0.1, 0.15) is 19.3 Å². The second-order valence-electron chi connectivity index (χ2n) is 5.71. The molecule has 0 spiro atoms. The predicted molar refractivity (Wildman–Crippen MR) is 82.8 cm³/mol. The van der Waals surface area contributed by atoms with Crippen LogP contribution in [0.5, 0.6) is 0 Å². The molecule has 0 aromatic rings. The molecule has 20 heavy (non-hydrogen) atoms. The summed E-state index contributed by atoms with van der Waals surface area (Å²) in [6.45, 7) is 5.19. The number of nitrogens with one attached hydrogen (secondary N) is 2. The Bertz CT molecular complexity index is 310. The van der Waals surface area contributed by atoms with Crippen LogP contribution < -0.4 is 10.6 Å². The number of amides is 1. The maximum atomic E-state index is 11.9. The molecule has 1 saturated carbocycles. The lowest BCUT2D eigenvalue weighted by atomic mass is 10.1. The fraction of sp³-hybridized carbons (Fsp3) is 0.923. The average Bonchev–Trinajstić information content (AvgIpc) is 3.16. The average molecular weight is 326 g/mol. The Morgan fingerprint density at radius 1 is 1.30 bits per heavy atom. The van der Waals surface area contributed by atoms with Gasteiger partial charge in [0, 0.05) is 25.7 Å². The van der Waals surface area contributed by atoms with Gasteiger partial charge in [0.2, 0.25) is 5.91 Å². The molecule has 3 rings (SSSR count). The molecule has 3 fully saturated rings. The molecule has 2 aliphatic heterocycles. The van der Waals surface area contributed by atoms with Gasteiger partial charge in [0.05, 0.1) is 13.2 Å². The highest BCUT2D eigenvalue weighted by atomic mass is 35.5. The molecule has 2 heterocycles. The second kappa shape index (κ2) is 8.39. The van der Waals surface area contributed by atoms with Gasteiger partial charge in [0.25, 0.3) is 0 Å². The molecule has 0 radical (unpaired) electrons. The SMILES string of the molecule is Cl.Cl.O=C(NCC1CCN(C2CC2)C1)C1COCCN1. The Morgan fingerprint density at radius 3 is 2.75 bits per heavy atom. The highest BCUT2D eigenvalue weighted by Gasteiger charge is 2.34. The Labute approximate surface area is 133 Å². The Hall–Kier alpha value is -0.0700. The van der Waals surface area contributed by atoms with Gasteiger partial charge in [-0.05, 0) is 31.7 Å². The third-order valence-electron chi connectivity index (χ3n) is 4.18. The number of nitrogens with zero attached hydrogens (tertiary/aromatic N) is 1. The van der Waals surface area contributed by atoms with E-state index >= 15 is 0 Å². The zero-order valence-corrected chi connectivity index (χ0v) is 13.3. The highest BCUT2D eigenvalue weighted by molar-refractivity contribution is 5.85. The van der Waals surface area contributed by atoms with Crippen LogP contribution in [0.2, 0.25) is 0 Å². The van der Waals surface area contributed by atoms with E-state index in [-0.39, 0.29) is 36.8 Å². The second-order valence-corrected chi connectivity index (χ2v) is 5.71. The molecule has 7 heteroatoms. The molecule has 2 N–H and O–H groups in total. The minimum atomic E-state index is -0.153. The Balaban J connectivity index is 0.000001000. The van der Waals surface area contributed by atoms with Gasteiger partial charge in [-0.15, -0.1) is 24.8 Å². The van der Waals surface area contributed by atoms with E-state index < -0.39 is 0 Å². The molecule has 2 unspecified atom stereocenters. The summed E-state index contributed by atoms with van der Waals surface area (Å²) < 4.78 is 5.30. The maximum Gasteiger partial charge on any atom is 0.239 e. The minimum Gasteiger partial charge on any atom is -0.378 e. The Kier molecular flexibility index (Phi) is 7.54. The summed E-state index contributed by atoms with van der Waals surface area (Å²) in [4.78, 5) is 14.5. The van der Waals surface area contributed by atoms with Crippen molar-refractivity contribution in [3.05, 3.63) is 0 Å². The van der Waals surface area contributed by atoms with Gasteiger partial charge in [-0.2, -0.15) is 0 Å². The third kappa shape index (κ3) is 4.74. The van der Waals surface area contributed by atoms with Crippen LogP contribution in [0.4, 0.5) is 0 Å². The van der Waals surface area contributed by atoms with Gasteiger partial charge in [-0.3, -0.25) is 4.79 Å². The van der Waals surface area contributed by atoms with Crippen LogP contribution in [-0.4, -0.2) is 62.3 Å². The lowest BCUT2D eigenvalue weighted by Crippen LogP contribution is -2.52. The number of hydrogen-bond donors (Lipinski definition) is 2. The van der Waals surface area contributed by atoms with Crippen LogP contribution in [0.25, 0.3) is 0 Å². The first kappa shape index (κ1) is 18.0. The molecule has 2 saturated heterocycles. The van der Waals surface area contributed by atoms with Gasteiger partial charge in [-0.25, -0.2) is 0 Å². The lowest BCUT2D eigenvalue weighted by Gasteiger charge is -2.23. The van der Waals surface area contributed by atoms with E-state index in [0.29, 0.717) is 19.1 Å². The first-order valence-corrected chi connectivity index (χ1v) is 7.16. The van der Waals surface area contributed by atoms with Crippen molar-refractivity contribution < 1.29 is 9.53 Å². The smallest absolute Gasteiger partial charge is 0.239 e.